The highest BCUT2D eigenvalue weighted by molar-refractivity contribution is 7.89. The first kappa shape index (κ1) is 19.4. The van der Waals surface area contributed by atoms with E-state index in [1.165, 1.54) is 12.1 Å². The maximum Gasteiger partial charge on any atom is 0.307 e. The summed E-state index contributed by atoms with van der Waals surface area (Å²) in [7, 11) is -3.63. The standard InChI is InChI=1S/C16H25NO5S/c1-4-21-14-5-7-15(8-6-14)23(19,20)17-11-9-16(18)22-12-10-13(2)3/h5-8,13,17H,4,9-12H2,1-3H3. The fourth-order valence-corrected chi connectivity index (χ4v) is 2.76. The number of ether oxygens (including phenoxy) is 2. The Labute approximate surface area is 138 Å². The van der Waals surface area contributed by atoms with E-state index in [0.717, 1.165) is 6.42 Å². The molecule has 7 heteroatoms. The molecule has 0 unspecified atom stereocenters. The van der Waals surface area contributed by atoms with E-state index in [0.29, 0.717) is 24.9 Å². The number of rotatable bonds is 10. The van der Waals surface area contributed by atoms with Gasteiger partial charge in [0.2, 0.25) is 10.0 Å². The molecule has 0 aliphatic heterocycles. The molecule has 0 bridgehead atoms. The minimum absolute atomic E-state index is 0.00829. The van der Waals surface area contributed by atoms with Crippen molar-refractivity contribution in [2.24, 2.45) is 5.92 Å². The van der Waals surface area contributed by atoms with Gasteiger partial charge in [-0.1, -0.05) is 13.8 Å². The molecule has 1 aromatic rings. The summed E-state index contributed by atoms with van der Waals surface area (Å²) in [6.07, 6.45) is 0.804. The highest BCUT2D eigenvalue weighted by atomic mass is 32.2. The Morgan fingerprint density at radius 1 is 1.22 bits per heavy atom. The number of hydrogen-bond acceptors (Lipinski definition) is 5. The van der Waals surface area contributed by atoms with Crippen molar-refractivity contribution in [2.75, 3.05) is 19.8 Å². The maximum atomic E-state index is 12.1. The number of carbonyl (C=O) groups is 1. The van der Waals surface area contributed by atoms with Crippen LogP contribution in [0.3, 0.4) is 0 Å². The first-order chi connectivity index (χ1) is 10.8. The summed E-state index contributed by atoms with van der Waals surface area (Å²) in [6, 6.07) is 6.12. The molecule has 0 saturated heterocycles. The zero-order valence-corrected chi connectivity index (χ0v) is 14.7. The van der Waals surface area contributed by atoms with Crippen LogP contribution < -0.4 is 9.46 Å². The molecule has 6 nitrogen and oxygen atoms in total. The lowest BCUT2D eigenvalue weighted by Crippen LogP contribution is -2.26. The molecule has 0 spiro atoms. The SMILES string of the molecule is CCOc1ccc(S(=O)(=O)NCCC(=O)OCCC(C)C)cc1. The molecule has 0 heterocycles. The van der Waals surface area contributed by atoms with Crippen molar-refractivity contribution < 1.29 is 22.7 Å². The third-order valence-electron chi connectivity index (χ3n) is 3.02. The molecule has 0 aliphatic carbocycles. The first-order valence-corrected chi connectivity index (χ1v) is 9.21. The van der Waals surface area contributed by atoms with E-state index in [-0.39, 0.29) is 17.9 Å². The van der Waals surface area contributed by atoms with Crippen LogP contribution in [0.4, 0.5) is 0 Å². The van der Waals surface area contributed by atoms with E-state index in [9.17, 15) is 13.2 Å². The number of esters is 1. The molecule has 0 amide bonds. The monoisotopic (exact) mass is 343 g/mol. The summed E-state index contributed by atoms with van der Waals surface area (Å²) < 4.78 is 36.8. The van der Waals surface area contributed by atoms with Crippen molar-refractivity contribution in [2.45, 2.75) is 38.5 Å². The fourth-order valence-electron chi connectivity index (χ4n) is 1.73. The summed E-state index contributed by atoms with van der Waals surface area (Å²) in [5, 5.41) is 0. The average Bonchev–Trinajstić information content (AvgIpc) is 2.47. The normalized spacial score (nSPS) is 11.5. The van der Waals surface area contributed by atoms with Crippen molar-refractivity contribution >= 4 is 16.0 Å². The highest BCUT2D eigenvalue weighted by Gasteiger charge is 2.14. The second kappa shape index (κ2) is 9.52. The summed E-state index contributed by atoms with van der Waals surface area (Å²) in [4.78, 5) is 11.6. The predicted molar refractivity (Wildman–Crippen MR) is 87.8 cm³/mol. The smallest absolute Gasteiger partial charge is 0.307 e. The highest BCUT2D eigenvalue weighted by Crippen LogP contribution is 2.15. The molecule has 130 valence electrons. The van der Waals surface area contributed by atoms with E-state index in [4.69, 9.17) is 9.47 Å². The number of carbonyl (C=O) groups excluding carboxylic acids is 1. The quantitative estimate of drug-likeness (QED) is 0.660. The van der Waals surface area contributed by atoms with Crippen LogP contribution in [0.25, 0.3) is 0 Å². The summed E-state index contributed by atoms with van der Waals surface area (Å²) in [5.41, 5.74) is 0. The van der Waals surface area contributed by atoms with Gasteiger partial charge in [-0.05, 0) is 43.5 Å². The van der Waals surface area contributed by atoms with Crippen molar-refractivity contribution in [1.82, 2.24) is 4.72 Å². The zero-order valence-electron chi connectivity index (χ0n) is 13.9. The Bertz CT molecular complexity index is 581. The molecule has 1 rings (SSSR count). The summed E-state index contributed by atoms with van der Waals surface area (Å²) in [6.45, 7) is 6.82. The number of benzene rings is 1. The number of hydrogen-bond donors (Lipinski definition) is 1. The van der Waals surface area contributed by atoms with E-state index >= 15 is 0 Å². The summed E-state index contributed by atoms with van der Waals surface area (Å²) in [5.74, 6) is 0.668. The van der Waals surface area contributed by atoms with Crippen molar-refractivity contribution in [3.05, 3.63) is 24.3 Å². The molecular weight excluding hydrogens is 318 g/mol. The molecule has 0 fully saturated rings. The summed E-state index contributed by atoms with van der Waals surface area (Å²) >= 11 is 0. The van der Waals surface area contributed by atoms with Gasteiger partial charge in [-0.25, -0.2) is 13.1 Å². The van der Waals surface area contributed by atoms with Gasteiger partial charge in [0, 0.05) is 6.54 Å². The van der Waals surface area contributed by atoms with Gasteiger partial charge in [0.1, 0.15) is 5.75 Å². The lowest BCUT2D eigenvalue weighted by molar-refractivity contribution is -0.143. The Balaban J connectivity index is 2.42. The van der Waals surface area contributed by atoms with Gasteiger partial charge < -0.3 is 9.47 Å². The maximum absolute atomic E-state index is 12.1. The van der Waals surface area contributed by atoms with E-state index in [2.05, 4.69) is 4.72 Å². The first-order valence-electron chi connectivity index (χ1n) is 7.73. The van der Waals surface area contributed by atoms with Gasteiger partial charge in [-0.15, -0.1) is 0 Å². The van der Waals surface area contributed by atoms with Crippen LogP contribution in [-0.2, 0) is 19.6 Å². The van der Waals surface area contributed by atoms with Crippen LogP contribution in [0.5, 0.6) is 5.75 Å². The van der Waals surface area contributed by atoms with Crippen LogP contribution in [0, 0.1) is 5.92 Å². The van der Waals surface area contributed by atoms with Gasteiger partial charge in [0.05, 0.1) is 24.5 Å². The second-order valence-corrected chi connectivity index (χ2v) is 7.22. The molecule has 0 radical (unpaired) electrons. The van der Waals surface area contributed by atoms with Gasteiger partial charge in [-0.2, -0.15) is 0 Å². The van der Waals surface area contributed by atoms with E-state index in [1.807, 2.05) is 20.8 Å². The van der Waals surface area contributed by atoms with Crippen LogP contribution in [0.2, 0.25) is 0 Å². The van der Waals surface area contributed by atoms with Crippen LogP contribution >= 0.6 is 0 Å². The molecule has 0 aliphatic rings. The van der Waals surface area contributed by atoms with Crippen molar-refractivity contribution in [3.8, 4) is 5.75 Å². The Hall–Kier alpha value is -1.60. The Morgan fingerprint density at radius 3 is 2.43 bits per heavy atom. The molecule has 1 N–H and O–H groups in total. The molecule has 0 saturated carbocycles. The van der Waals surface area contributed by atoms with Crippen molar-refractivity contribution in [3.63, 3.8) is 0 Å². The van der Waals surface area contributed by atoms with Gasteiger partial charge in [0.15, 0.2) is 0 Å². The lowest BCUT2D eigenvalue weighted by atomic mass is 10.1. The van der Waals surface area contributed by atoms with Crippen molar-refractivity contribution in [1.29, 1.82) is 0 Å². The minimum Gasteiger partial charge on any atom is -0.494 e. The third-order valence-corrected chi connectivity index (χ3v) is 4.50. The average molecular weight is 343 g/mol. The van der Waals surface area contributed by atoms with Gasteiger partial charge in [0.25, 0.3) is 0 Å². The van der Waals surface area contributed by atoms with Crippen LogP contribution in [0.15, 0.2) is 29.2 Å². The molecular formula is C16H25NO5S. The Kier molecular flexibility index (Phi) is 8.05. The Morgan fingerprint density at radius 2 is 1.87 bits per heavy atom. The third kappa shape index (κ3) is 7.47. The van der Waals surface area contributed by atoms with E-state index in [1.54, 1.807) is 12.1 Å². The largest absolute Gasteiger partial charge is 0.494 e. The van der Waals surface area contributed by atoms with Gasteiger partial charge in [-0.3, -0.25) is 4.79 Å². The lowest BCUT2D eigenvalue weighted by Gasteiger charge is -2.09. The van der Waals surface area contributed by atoms with Crippen LogP contribution in [0.1, 0.15) is 33.6 Å². The molecule has 0 aromatic heterocycles. The van der Waals surface area contributed by atoms with E-state index < -0.39 is 16.0 Å². The number of nitrogens with one attached hydrogen (secondary N) is 1. The minimum atomic E-state index is -3.63. The molecule has 1 aromatic carbocycles. The fraction of sp³-hybridized carbons (Fsp3) is 0.562. The zero-order chi connectivity index (χ0) is 17.3. The molecule has 0 atom stereocenters. The second-order valence-electron chi connectivity index (χ2n) is 5.46. The van der Waals surface area contributed by atoms with Crippen LogP contribution in [-0.4, -0.2) is 34.1 Å². The number of sulfonamides is 1. The molecule has 23 heavy (non-hydrogen) atoms. The predicted octanol–water partition coefficient (Wildman–Crippen LogP) is 2.34. The topological polar surface area (TPSA) is 81.7 Å². The van der Waals surface area contributed by atoms with Gasteiger partial charge >= 0.3 is 5.97 Å².